The normalized spacial score (nSPS) is 11.4. The number of esters is 1. The molecule has 5 nitrogen and oxygen atoms in total. The Morgan fingerprint density at radius 3 is 2.76 bits per heavy atom. The first-order chi connectivity index (χ1) is 8.08. The molecule has 0 aromatic heterocycles. The summed E-state index contributed by atoms with van der Waals surface area (Å²) in [5, 5.41) is 8.57. The van der Waals surface area contributed by atoms with Gasteiger partial charge in [-0.15, -0.1) is 0 Å². The second-order valence-corrected chi connectivity index (χ2v) is 3.47. The van der Waals surface area contributed by atoms with Crippen LogP contribution in [0.25, 0.3) is 0 Å². The third kappa shape index (κ3) is 3.47. The first-order valence-corrected chi connectivity index (χ1v) is 5.07. The summed E-state index contributed by atoms with van der Waals surface area (Å²) in [5.74, 6) is 0.344. The molecule has 5 heteroatoms. The van der Waals surface area contributed by atoms with Crippen molar-refractivity contribution in [3.63, 3.8) is 0 Å². The van der Waals surface area contributed by atoms with E-state index in [0.29, 0.717) is 11.5 Å². The molecular weight excluding hydrogens is 220 g/mol. The number of hydrogen-bond donors (Lipinski definition) is 1. The van der Waals surface area contributed by atoms with E-state index in [1.807, 2.05) is 6.07 Å². The predicted octanol–water partition coefficient (Wildman–Crippen LogP) is 1.53. The Labute approximate surface area is 99.7 Å². The van der Waals surface area contributed by atoms with E-state index < -0.39 is 5.97 Å². The summed E-state index contributed by atoms with van der Waals surface area (Å²) in [7, 11) is 1.47. The fourth-order valence-electron chi connectivity index (χ4n) is 1.37. The predicted molar refractivity (Wildman–Crippen MR) is 61.5 cm³/mol. The third-order valence-corrected chi connectivity index (χ3v) is 2.18. The topological polar surface area (TPSA) is 85.3 Å². The van der Waals surface area contributed by atoms with Crippen LogP contribution < -0.4 is 15.2 Å². The highest BCUT2D eigenvalue weighted by atomic mass is 16.6. The number of benzene rings is 1. The van der Waals surface area contributed by atoms with Crippen LogP contribution in [0, 0.1) is 11.3 Å². The van der Waals surface area contributed by atoms with Crippen LogP contribution in [-0.4, -0.2) is 13.1 Å². The Bertz CT molecular complexity index is 452. The van der Waals surface area contributed by atoms with Crippen molar-refractivity contribution in [2.45, 2.75) is 19.4 Å². The highest BCUT2D eigenvalue weighted by molar-refractivity contribution is 5.70. The van der Waals surface area contributed by atoms with E-state index >= 15 is 0 Å². The minimum absolute atomic E-state index is 0.218. The van der Waals surface area contributed by atoms with Gasteiger partial charge in [-0.25, -0.2) is 0 Å². The molecule has 0 fully saturated rings. The van der Waals surface area contributed by atoms with E-state index in [9.17, 15) is 4.79 Å². The van der Waals surface area contributed by atoms with Gasteiger partial charge in [0.2, 0.25) is 0 Å². The maximum Gasteiger partial charge on any atom is 0.308 e. The van der Waals surface area contributed by atoms with Gasteiger partial charge < -0.3 is 15.2 Å². The van der Waals surface area contributed by atoms with Crippen LogP contribution >= 0.6 is 0 Å². The van der Waals surface area contributed by atoms with Crippen molar-refractivity contribution in [2.24, 2.45) is 5.73 Å². The maximum absolute atomic E-state index is 10.9. The minimum Gasteiger partial charge on any atom is -0.493 e. The number of nitrogens with zero attached hydrogens (tertiary/aromatic N) is 1. The lowest BCUT2D eigenvalue weighted by molar-refractivity contribution is -0.132. The summed E-state index contributed by atoms with van der Waals surface area (Å²) in [6, 6.07) is 6.61. The summed E-state index contributed by atoms with van der Waals surface area (Å²) < 4.78 is 10.1. The van der Waals surface area contributed by atoms with E-state index in [-0.39, 0.29) is 12.5 Å². The molecule has 17 heavy (non-hydrogen) atoms. The summed E-state index contributed by atoms with van der Waals surface area (Å²) in [5.41, 5.74) is 6.56. The molecule has 0 aliphatic heterocycles. The number of rotatable bonds is 4. The van der Waals surface area contributed by atoms with Crippen LogP contribution in [0.5, 0.6) is 11.5 Å². The monoisotopic (exact) mass is 234 g/mol. The molecule has 1 atom stereocenters. The molecule has 0 heterocycles. The van der Waals surface area contributed by atoms with Crippen molar-refractivity contribution >= 4 is 5.97 Å². The minimum atomic E-state index is -0.419. The van der Waals surface area contributed by atoms with Gasteiger partial charge in [-0.3, -0.25) is 4.79 Å². The first kappa shape index (κ1) is 13.0. The fraction of sp³-hybridized carbons (Fsp3) is 0.333. The molecule has 0 bridgehead atoms. The highest BCUT2D eigenvalue weighted by Gasteiger charge is 2.11. The highest BCUT2D eigenvalue weighted by Crippen LogP contribution is 2.30. The number of hydrogen-bond acceptors (Lipinski definition) is 5. The number of ether oxygens (including phenoxy) is 2. The van der Waals surface area contributed by atoms with Crippen molar-refractivity contribution in [2.75, 3.05) is 7.11 Å². The Morgan fingerprint density at radius 2 is 2.24 bits per heavy atom. The van der Waals surface area contributed by atoms with Gasteiger partial charge in [-0.05, 0) is 17.7 Å². The Morgan fingerprint density at radius 1 is 1.53 bits per heavy atom. The molecule has 0 aliphatic carbocycles. The van der Waals surface area contributed by atoms with Crippen LogP contribution in [0.1, 0.15) is 24.9 Å². The number of carbonyl (C=O) groups is 1. The summed E-state index contributed by atoms with van der Waals surface area (Å²) in [4.78, 5) is 10.9. The number of nitriles is 1. The zero-order chi connectivity index (χ0) is 12.8. The zero-order valence-corrected chi connectivity index (χ0v) is 9.77. The molecule has 1 aromatic rings. The lowest BCUT2D eigenvalue weighted by Crippen LogP contribution is -2.10. The summed E-state index contributed by atoms with van der Waals surface area (Å²) in [6.07, 6.45) is 0.218. The SMILES string of the molecule is COc1cc([C@H](N)CC#N)ccc1OC(C)=O. The molecule has 2 N–H and O–H groups in total. The first-order valence-electron chi connectivity index (χ1n) is 5.07. The van der Waals surface area contributed by atoms with Gasteiger partial charge in [-0.1, -0.05) is 6.07 Å². The molecule has 0 radical (unpaired) electrons. The molecule has 0 saturated heterocycles. The van der Waals surface area contributed by atoms with Gasteiger partial charge in [0.15, 0.2) is 11.5 Å². The van der Waals surface area contributed by atoms with Crippen LogP contribution in [0.3, 0.4) is 0 Å². The second-order valence-electron chi connectivity index (χ2n) is 3.47. The quantitative estimate of drug-likeness (QED) is 0.630. The molecule has 0 unspecified atom stereocenters. The Hall–Kier alpha value is -2.06. The van der Waals surface area contributed by atoms with Gasteiger partial charge in [-0.2, -0.15) is 5.26 Å². The van der Waals surface area contributed by atoms with Gasteiger partial charge >= 0.3 is 5.97 Å². The van der Waals surface area contributed by atoms with Crippen molar-refractivity contribution in [1.82, 2.24) is 0 Å². The van der Waals surface area contributed by atoms with Crippen molar-refractivity contribution in [3.05, 3.63) is 23.8 Å². The lowest BCUT2D eigenvalue weighted by atomic mass is 10.0. The molecular formula is C12H14N2O3. The van der Waals surface area contributed by atoms with E-state index in [1.165, 1.54) is 14.0 Å². The molecule has 0 saturated carbocycles. The number of nitrogens with two attached hydrogens (primary N) is 1. The summed E-state index contributed by atoms with van der Waals surface area (Å²) >= 11 is 0. The Balaban J connectivity index is 3.00. The largest absolute Gasteiger partial charge is 0.493 e. The molecule has 1 rings (SSSR count). The average Bonchev–Trinajstić information content (AvgIpc) is 2.29. The van der Waals surface area contributed by atoms with Crippen LogP contribution in [0.15, 0.2) is 18.2 Å². The van der Waals surface area contributed by atoms with E-state index in [2.05, 4.69) is 0 Å². The van der Waals surface area contributed by atoms with Crippen LogP contribution in [0.4, 0.5) is 0 Å². The van der Waals surface area contributed by atoms with Gasteiger partial charge in [0.1, 0.15) is 0 Å². The standard InChI is InChI=1S/C12H14N2O3/c1-8(15)17-11-4-3-9(7-12(11)16-2)10(14)5-6-13/h3-4,7,10H,5,14H2,1-2H3/t10-/m1/s1. The van der Waals surface area contributed by atoms with Crippen molar-refractivity contribution in [1.29, 1.82) is 5.26 Å². The average molecular weight is 234 g/mol. The maximum atomic E-state index is 10.9. The smallest absolute Gasteiger partial charge is 0.308 e. The van der Waals surface area contributed by atoms with Crippen molar-refractivity contribution < 1.29 is 14.3 Å². The zero-order valence-electron chi connectivity index (χ0n) is 9.77. The summed E-state index contributed by atoms with van der Waals surface area (Å²) in [6.45, 7) is 1.31. The molecule has 90 valence electrons. The van der Waals surface area contributed by atoms with Gasteiger partial charge in [0.25, 0.3) is 0 Å². The molecule has 0 aliphatic rings. The number of carbonyl (C=O) groups excluding carboxylic acids is 1. The Kier molecular flexibility index (Phi) is 4.49. The van der Waals surface area contributed by atoms with Gasteiger partial charge in [0.05, 0.1) is 19.6 Å². The molecule has 0 amide bonds. The fourth-order valence-corrected chi connectivity index (χ4v) is 1.37. The second kappa shape index (κ2) is 5.87. The third-order valence-electron chi connectivity index (χ3n) is 2.18. The number of methoxy groups -OCH3 is 1. The van der Waals surface area contributed by atoms with Crippen molar-refractivity contribution in [3.8, 4) is 17.6 Å². The van der Waals surface area contributed by atoms with E-state index in [1.54, 1.807) is 18.2 Å². The molecule has 1 aromatic carbocycles. The molecule has 0 spiro atoms. The van der Waals surface area contributed by atoms with E-state index in [4.69, 9.17) is 20.5 Å². The lowest BCUT2D eigenvalue weighted by Gasteiger charge is -2.12. The van der Waals surface area contributed by atoms with Crippen LogP contribution in [-0.2, 0) is 4.79 Å². The van der Waals surface area contributed by atoms with Crippen LogP contribution in [0.2, 0.25) is 0 Å². The van der Waals surface area contributed by atoms with Gasteiger partial charge in [0, 0.05) is 13.0 Å². The van der Waals surface area contributed by atoms with E-state index in [0.717, 1.165) is 5.56 Å².